The Kier molecular flexibility index (Phi) is 3.40. The number of ether oxygens (including phenoxy) is 1. The van der Waals surface area contributed by atoms with Crippen molar-refractivity contribution in [2.75, 3.05) is 7.11 Å². The molecule has 0 saturated heterocycles. The van der Waals surface area contributed by atoms with Gasteiger partial charge in [0.2, 0.25) is 5.88 Å². The predicted molar refractivity (Wildman–Crippen MR) is 75.4 cm³/mol. The van der Waals surface area contributed by atoms with Crippen LogP contribution in [0.2, 0.25) is 5.15 Å². The quantitative estimate of drug-likeness (QED) is 0.797. The smallest absolute Gasteiger partial charge is 0.212 e. The van der Waals surface area contributed by atoms with Crippen LogP contribution in [0.5, 0.6) is 5.88 Å². The van der Waals surface area contributed by atoms with E-state index in [2.05, 4.69) is 9.97 Å². The van der Waals surface area contributed by atoms with E-state index in [0.717, 1.165) is 24.1 Å². The number of methoxy groups -OCH3 is 1. The van der Waals surface area contributed by atoms with E-state index in [-0.39, 0.29) is 11.7 Å². The first kappa shape index (κ1) is 13.1. The van der Waals surface area contributed by atoms with E-state index in [1.165, 1.54) is 0 Å². The Hall–Kier alpha value is -1.94. The lowest BCUT2D eigenvalue weighted by atomic mass is 9.81. The van der Waals surface area contributed by atoms with E-state index in [1.54, 1.807) is 31.5 Å². The van der Waals surface area contributed by atoms with Crippen LogP contribution in [0.15, 0.2) is 30.5 Å². The average molecular weight is 289 g/mol. The van der Waals surface area contributed by atoms with Crippen molar-refractivity contribution in [1.82, 2.24) is 9.97 Å². The summed E-state index contributed by atoms with van der Waals surface area (Å²) in [6.07, 6.45) is 3.18. The Morgan fingerprint density at radius 1 is 1.30 bits per heavy atom. The van der Waals surface area contributed by atoms with Crippen LogP contribution < -0.4 is 4.74 Å². The molecule has 0 spiro atoms. The SMILES string of the molecule is COc1ccc(C2CCc3nc(Cl)ccc3C2=O)cn1. The van der Waals surface area contributed by atoms with Crippen LogP contribution in [0.4, 0.5) is 0 Å². The van der Waals surface area contributed by atoms with E-state index in [4.69, 9.17) is 16.3 Å². The molecule has 0 aliphatic heterocycles. The van der Waals surface area contributed by atoms with Gasteiger partial charge in [-0.05, 0) is 30.5 Å². The normalized spacial score (nSPS) is 17.7. The van der Waals surface area contributed by atoms with E-state index in [0.29, 0.717) is 16.6 Å². The van der Waals surface area contributed by atoms with Crippen molar-refractivity contribution in [3.63, 3.8) is 0 Å². The fraction of sp³-hybridized carbons (Fsp3) is 0.267. The number of Topliss-reactive ketones (excluding diaryl/α,β-unsaturated/α-hetero) is 1. The van der Waals surface area contributed by atoms with Crippen LogP contribution in [-0.2, 0) is 6.42 Å². The van der Waals surface area contributed by atoms with E-state index in [9.17, 15) is 4.79 Å². The molecule has 1 atom stereocenters. The second-order valence-corrected chi connectivity index (χ2v) is 5.10. The van der Waals surface area contributed by atoms with E-state index >= 15 is 0 Å². The summed E-state index contributed by atoms with van der Waals surface area (Å²) in [7, 11) is 1.57. The molecule has 4 nitrogen and oxygen atoms in total. The second-order valence-electron chi connectivity index (χ2n) is 4.72. The van der Waals surface area contributed by atoms with Crippen molar-refractivity contribution in [2.45, 2.75) is 18.8 Å². The highest BCUT2D eigenvalue weighted by molar-refractivity contribution is 6.29. The lowest BCUT2D eigenvalue weighted by Crippen LogP contribution is -2.22. The molecule has 2 aromatic rings. The number of aryl methyl sites for hydroxylation is 1. The summed E-state index contributed by atoms with van der Waals surface area (Å²) >= 11 is 5.86. The zero-order chi connectivity index (χ0) is 14.1. The molecule has 0 bridgehead atoms. The van der Waals surface area contributed by atoms with Crippen LogP contribution in [-0.4, -0.2) is 22.9 Å². The Labute approximate surface area is 121 Å². The number of hydrogen-bond acceptors (Lipinski definition) is 4. The third-order valence-corrected chi connectivity index (χ3v) is 3.77. The molecule has 102 valence electrons. The van der Waals surface area contributed by atoms with Gasteiger partial charge < -0.3 is 4.74 Å². The van der Waals surface area contributed by atoms with Gasteiger partial charge in [0.1, 0.15) is 5.15 Å². The fourth-order valence-electron chi connectivity index (χ4n) is 2.53. The van der Waals surface area contributed by atoms with Gasteiger partial charge in [0, 0.05) is 23.7 Å². The van der Waals surface area contributed by atoms with Crippen LogP contribution in [0.25, 0.3) is 0 Å². The van der Waals surface area contributed by atoms with Crippen LogP contribution in [0.3, 0.4) is 0 Å². The molecule has 0 amide bonds. The molecule has 2 heterocycles. The topological polar surface area (TPSA) is 52.1 Å². The Morgan fingerprint density at radius 3 is 2.85 bits per heavy atom. The number of rotatable bonds is 2. The summed E-state index contributed by atoms with van der Waals surface area (Å²) in [5.41, 5.74) is 2.37. The summed E-state index contributed by atoms with van der Waals surface area (Å²) in [5.74, 6) is 0.470. The van der Waals surface area contributed by atoms with Crippen molar-refractivity contribution >= 4 is 17.4 Å². The summed E-state index contributed by atoms with van der Waals surface area (Å²) in [6.45, 7) is 0. The number of ketones is 1. The molecule has 0 fully saturated rings. The van der Waals surface area contributed by atoms with Gasteiger partial charge in [-0.2, -0.15) is 0 Å². The number of carbonyl (C=O) groups excluding carboxylic acids is 1. The van der Waals surface area contributed by atoms with Gasteiger partial charge in [-0.1, -0.05) is 17.7 Å². The van der Waals surface area contributed by atoms with Gasteiger partial charge >= 0.3 is 0 Å². The Morgan fingerprint density at radius 2 is 2.15 bits per heavy atom. The highest BCUT2D eigenvalue weighted by atomic mass is 35.5. The minimum atomic E-state index is -0.163. The van der Waals surface area contributed by atoms with Crippen molar-refractivity contribution in [2.24, 2.45) is 0 Å². The molecule has 5 heteroatoms. The standard InChI is InChI=1S/C15H13ClN2O2/c1-20-14-7-2-9(8-17-14)10-3-5-12-11(15(10)19)4-6-13(16)18-12/h2,4,6-8,10H,3,5H2,1H3. The number of halogens is 1. The fourth-order valence-corrected chi connectivity index (χ4v) is 2.69. The molecule has 1 aliphatic rings. The molecule has 1 aliphatic carbocycles. The Bertz CT molecular complexity index is 655. The first-order chi connectivity index (χ1) is 9.69. The summed E-state index contributed by atoms with van der Waals surface area (Å²) in [4.78, 5) is 20.9. The highest BCUT2D eigenvalue weighted by Crippen LogP contribution is 2.32. The number of pyridine rings is 2. The van der Waals surface area contributed by atoms with Gasteiger partial charge in [0.25, 0.3) is 0 Å². The molecule has 0 radical (unpaired) electrons. The van der Waals surface area contributed by atoms with Crippen molar-refractivity contribution < 1.29 is 9.53 Å². The predicted octanol–water partition coefficient (Wildman–Crippen LogP) is 3.05. The van der Waals surface area contributed by atoms with Gasteiger partial charge in [-0.25, -0.2) is 9.97 Å². The minimum Gasteiger partial charge on any atom is -0.481 e. The molecule has 0 aromatic carbocycles. The van der Waals surface area contributed by atoms with Gasteiger partial charge in [0.15, 0.2) is 5.78 Å². The molecule has 1 unspecified atom stereocenters. The maximum absolute atomic E-state index is 12.5. The minimum absolute atomic E-state index is 0.0855. The number of hydrogen-bond donors (Lipinski definition) is 0. The number of carbonyl (C=O) groups is 1. The monoisotopic (exact) mass is 288 g/mol. The van der Waals surface area contributed by atoms with Crippen LogP contribution >= 0.6 is 11.6 Å². The molecule has 0 N–H and O–H groups in total. The second kappa shape index (κ2) is 5.21. The first-order valence-electron chi connectivity index (χ1n) is 6.38. The zero-order valence-electron chi connectivity index (χ0n) is 11.0. The number of aromatic nitrogens is 2. The van der Waals surface area contributed by atoms with Crippen molar-refractivity contribution in [1.29, 1.82) is 0 Å². The van der Waals surface area contributed by atoms with Crippen molar-refractivity contribution in [3.05, 3.63) is 52.4 Å². The third kappa shape index (κ3) is 2.27. The molecule has 2 aromatic heterocycles. The van der Waals surface area contributed by atoms with E-state index in [1.807, 2.05) is 6.07 Å². The molecule has 0 saturated carbocycles. The molecule has 3 rings (SSSR count). The Balaban J connectivity index is 1.93. The van der Waals surface area contributed by atoms with E-state index < -0.39 is 0 Å². The van der Waals surface area contributed by atoms with Crippen LogP contribution in [0, 0.1) is 0 Å². The average Bonchev–Trinajstić information content (AvgIpc) is 2.48. The first-order valence-corrected chi connectivity index (χ1v) is 6.76. The van der Waals surface area contributed by atoms with Crippen molar-refractivity contribution in [3.8, 4) is 5.88 Å². The maximum Gasteiger partial charge on any atom is 0.212 e. The van der Waals surface area contributed by atoms with Gasteiger partial charge in [0.05, 0.1) is 12.8 Å². The van der Waals surface area contributed by atoms with Crippen LogP contribution in [0.1, 0.15) is 34.0 Å². The largest absolute Gasteiger partial charge is 0.481 e. The summed E-state index contributed by atoms with van der Waals surface area (Å²) in [6, 6.07) is 7.09. The van der Waals surface area contributed by atoms with Gasteiger partial charge in [-0.3, -0.25) is 4.79 Å². The lowest BCUT2D eigenvalue weighted by molar-refractivity contribution is 0.0945. The highest BCUT2D eigenvalue weighted by Gasteiger charge is 2.29. The number of nitrogens with zero attached hydrogens (tertiary/aromatic N) is 2. The summed E-state index contributed by atoms with van der Waals surface area (Å²) < 4.78 is 5.03. The lowest BCUT2D eigenvalue weighted by Gasteiger charge is -2.22. The van der Waals surface area contributed by atoms with Gasteiger partial charge in [-0.15, -0.1) is 0 Å². The zero-order valence-corrected chi connectivity index (χ0v) is 11.7. The summed E-state index contributed by atoms with van der Waals surface area (Å²) in [5, 5.41) is 0.432. The third-order valence-electron chi connectivity index (χ3n) is 3.56. The number of fused-ring (bicyclic) bond motifs is 1. The maximum atomic E-state index is 12.5. The molecular formula is C15H13ClN2O2. The molecular weight excluding hydrogens is 276 g/mol. The molecule has 20 heavy (non-hydrogen) atoms.